The van der Waals surface area contributed by atoms with Crippen molar-refractivity contribution in [3.8, 4) is 5.75 Å². The summed E-state index contributed by atoms with van der Waals surface area (Å²) in [5, 5.41) is 2.70. The van der Waals surface area contributed by atoms with Crippen LogP contribution in [0.15, 0.2) is 29.2 Å². The van der Waals surface area contributed by atoms with E-state index in [0.717, 1.165) is 12.8 Å². The molecule has 2 rings (SSSR count). The fraction of sp³-hybridized carbons (Fsp3) is 0.462. The number of nitrogens with one attached hydrogen (secondary N) is 2. The van der Waals surface area contributed by atoms with Gasteiger partial charge in [0.15, 0.2) is 0 Å². The lowest BCUT2D eigenvalue weighted by Crippen LogP contribution is -2.45. The molecule has 0 unspecified atom stereocenters. The Balaban J connectivity index is 2.14. The molecule has 20 heavy (non-hydrogen) atoms. The van der Waals surface area contributed by atoms with Crippen LogP contribution in [0.3, 0.4) is 0 Å². The lowest BCUT2D eigenvalue weighted by molar-refractivity contribution is -0.122. The average molecular weight is 298 g/mol. The molecule has 6 nitrogen and oxygen atoms in total. The molecule has 2 N–H and O–H groups in total. The highest BCUT2D eigenvalue weighted by molar-refractivity contribution is 7.89. The summed E-state index contributed by atoms with van der Waals surface area (Å²) >= 11 is 0. The third-order valence-corrected chi connectivity index (χ3v) is 4.69. The molecule has 1 heterocycles. The molecule has 1 fully saturated rings. The Labute approximate surface area is 118 Å². The normalized spacial score (nSPS) is 20.1. The second-order valence-electron chi connectivity index (χ2n) is 4.64. The van der Waals surface area contributed by atoms with Gasteiger partial charge in [-0.15, -0.1) is 0 Å². The van der Waals surface area contributed by atoms with Gasteiger partial charge in [0, 0.05) is 6.54 Å². The first-order chi connectivity index (χ1) is 9.53. The van der Waals surface area contributed by atoms with E-state index in [1.54, 1.807) is 12.1 Å². The number of amides is 1. The van der Waals surface area contributed by atoms with Crippen molar-refractivity contribution in [2.24, 2.45) is 0 Å². The first-order valence-electron chi connectivity index (χ1n) is 6.47. The minimum Gasteiger partial charge on any atom is -0.497 e. The molecule has 1 aromatic carbocycles. The van der Waals surface area contributed by atoms with Crippen LogP contribution in [0.5, 0.6) is 5.75 Å². The van der Waals surface area contributed by atoms with E-state index in [-0.39, 0.29) is 10.8 Å². The van der Waals surface area contributed by atoms with E-state index in [4.69, 9.17) is 4.74 Å². The standard InChI is InChI=1S/C13H18N2O4S/c1-19-10-5-7-11(8-6-10)20(17,18)15-12-4-2-3-9-14-13(12)16/h5-8,12,15H,2-4,9H2,1H3,(H,14,16)/t12-/m0/s1. The first kappa shape index (κ1) is 14.8. The average Bonchev–Trinajstić information content (AvgIpc) is 2.64. The minimum atomic E-state index is -3.70. The van der Waals surface area contributed by atoms with Gasteiger partial charge in [0.25, 0.3) is 0 Å². The second-order valence-corrected chi connectivity index (χ2v) is 6.35. The summed E-state index contributed by atoms with van der Waals surface area (Å²) in [4.78, 5) is 11.9. The van der Waals surface area contributed by atoms with E-state index in [9.17, 15) is 13.2 Å². The van der Waals surface area contributed by atoms with Crippen molar-refractivity contribution < 1.29 is 17.9 Å². The molecule has 1 aromatic rings. The monoisotopic (exact) mass is 298 g/mol. The Bertz CT molecular complexity index is 569. The van der Waals surface area contributed by atoms with E-state index in [1.807, 2.05) is 0 Å². The maximum absolute atomic E-state index is 12.2. The smallest absolute Gasteiger partial charge is 0.241 e. The number of benzene rings is 1. The zero-order valence-corrected chi connectivity index (χ0v) is 12.1. The number of carbonyl (C=O) groups is 1. The van der Waals surface area contributed by atoms with E-state index in [1.165, 1.54) is 19.2 Å². The minimum absolute atomic E-state index is 0.121. The molecular weight excluding hydrogens is 280 g/mol. The Morgan fingerprint density at radius 1 is 1.25 bits per heavy atom. The fourth-order valence-electron chi connectivity index (χ4n) is 2.06. The van der Waals surface area contributed by atoms with Crippen molar-refractivity contribution in [1.82, 2.24) is 10.0 Å². The third kappa shape index (κ3) is 3.49. The lowest BCUT2D eigenvalue weighted by Gasteiger charge is -2.15. The van der Waals surface area contributed by atoms with Crippen molar-refractivity contribution >= 4 is 15.9 Å². The molecule has 1 saturated heterocycles. The maximum Gasteiger partial charge on any atom is 0.241 e. The Kier molecular flexibility index (Phi) is 4.61. The van der Waals surface area contributed by atoms with Crippen LogP contribution in [-0.4, -0.2) is 34.0 Å². The van der Waals surface area contributed by atoms with E-state index in [2.05, 4.69) is 10.0 Å². The van der Waals surface area contributed by atoms with Crippen LogP contribution in [0, 0.1) is 0 Å². The van der Waals surface area contributed by atoms with Crippen molar-refractivity contribution in [3.05, 3.63) is 24.3 Å². The highest BCUT2D eigenvalue weighted by Gasteiger charge is 2.26. The van der Waals surface area contributed by atoms with Gasteiger partial charge < -0.3 is 10.1 Å². The zero-order valence-electron chi connectivity index (χ0n) is 11.3. The highest BCUT2D eigenvalue weighted by Crippen LogP contribution is 2.16. The summed E-state index contributed by atoms with van der Waals surface area (Å²) in [7, 11) is -2.19. The van der Waals surface area contributed by atoms with Crippen LogP contribution < -0.4 is 14.8 Å². The molecule has 0 saturated carbocycles. The number of rotatable bonds is 4. The van der Waals surface area contributed by atoms with Crippen LogP contribution in [0.4, 0.5) is 0 Å². The first-order valence-corrected chi connectivity index (χ1v) is 7.95. The van der Waals surface area contributed by atoms with Gasteiger partial charge in [0.05, 0.1) is 12.0 Å². The van der Waals surface area contributed by atoms with Crippen LogP contribution >= 0.6 is 0 Å². The molecule has 0 aliphatic carbocycles. The predicted octanol–water partition coefficient (Wildman–Crippen LogP) is 0.642. The van der Waals surface area contributed by atoms with Crippen LogP contribution in [-0.2, 0) is 14.8 Å². The van der Waals surface area contributed by atoms with Gasteiger partial charge in [-0.05, 0) is 43.5 Å². The van der Waals surface area contributed by atoms with Gasteiger partial charge in [-0.25, -0.2) is 8.42 Å². The summed E-state index contributed by atoms with van der Waals surface area (Å²) in [6.45, 7) is 0.597. The molecule has 0 aromatic heterocycles. The summed E-state index contributed by atoms with van der Waals surface area (Å²) in [5.41, 5.74) is 0. The maximum atomic E-state index is 12.2. The van der Waals surface area contributed by atoms with Gasteiger partial charge in [-0.1, -0.05) is 0 Å². The summed E-state index contributed by atoms with van der Waals surface area (Å²) < 4.78 is 31.9. The Morgan fingerprint density at radius 3 is 2.60 bits per heavy atom. The molecule has 1 aliphatic rings. The van der Waals surface area contributed by atoms with Crippen molar-refractivity contribution in [2.75, 3.05) is 13.7 Å². The van der Waals surface area contributed by atoms with Gasteiger partial charge in [-0.3, -0.25) is 4.79 Å². The van der Waals surface area contributed by atoms with Crippen LogP contribution in [0.25, 0.3) is 0 Å². The Hall–Kier alpha value is -1.60. The highest BCUT2D eigenvalue weighted by atomic mass is 32.2. The zero-order chi connectivity index (χ0) is 14.6. The largest absolute Gasteiger partial charge is 0.497 e. The van der Waals surface area contributed by atoms with Crippen LogP contribution in [0.2, 0.25) is 0 Å². The fourth-order valence-corrected chi connectivity index (χ4v) is 3.29. The van der Waals surface area contributed by atoms with Gasteiger partial charge in [0.1, 0.15) is 11.8 Å². The van der Waals surface area contributed by atoms with Crippen LogP contribution in [0.1, 0.15) is 19.3 Å². The van der Waals surface area contributed by atoms with E-state index in [0.29, 0.717) is 18.7 Å². The summed E-state index contributed by atoms with van der Waals surface area (Å²) in [5.74, 6) is 0.316. The van der Waals surface area contributed by atoms with Crippen molar-refractivity contribution in [3.63, 3.8) is 0 Å². The quantitative estimate of drug-likeness (QED) is 0.854. The predicted molar refractivity (Wildman–Crippen MR) is 74.0 cm³/mol. The third-order valence-electron chi connectivity index (χ3n) is 3.20. The molecule has 1 atom stereocenters. The molecule has 0 spiro atoms. The SMILES string of the molecule is COc1ccc(S(=O)(=O)N[C@H]2CCCCNC2=O)cc1. The number of carbonyl (C=O) groups excluding carboxylic acids is 1. The molecule has 0 radical (unpaired) electrons. The number of sulfonamides is 1. The molecule has 110 valence electrons. The van der Waals surface area contributed by atoms with Crippen molar-refractivity contribution in [1.29, 1.82) is 0 Å². The topological polar surface area (TPSA) is 84.5 Å². The lowest BCUT2D eigenvalue weighted by atomic mass is 10.1. The number of hydrogen-bond donors (Lipinski definition) is 2. The number of methoxy groups -OCH3 is 1. The number of hydrogen-bond acceptors (Lipinski definition) is 4. The molecule has 0 bridgehead atoms. The molecule has 1 amide bonds. The van der Waals surface area contributed by atoms with Crippen molar-refractivity contribution in [2.45, 2.75) is 30.2 Å². The van der Waals surface area contributed by atoms with E-state index >= 15 is 0 Å². The molecule has 7 heteroatoms. The van der Waals surface area contributed by atoms with Gasteiger partial charge >= 0.3 is 0 Å². The van der Waals surface area contributed by atoms with Gasteiger partial charge in [-0.2, -0.15) is 4.72 Å². The molecule has 1 aliphatic heterocycles. The number of ether oxygens (including phenoxy) is 1. The second kappa shape index (κ2) is 6.23. The van der Waals surface area contributed by atoms with Gasteiger partial charge in [0.2, 0.25) is 15.9 Å². The summed E-state index contributed by atoms with van der Waals surface area (Å²) in [6, 6.07) is 5.35. The summed E-state index contributed by atoms with van der Waals surface area (Å²) in [6.07, 6.45) is 2.20. The van der Waals surface area contributed by atoms with E-state index < -0.39 is 16.1 Å². The Morgan fingerprint density at radius 2 is 1.95 bits per heavy atom. The molecular formula is C13H18N2O4S.